The van der Waals surface area contributed by atoms with Crippen molar-refractivity contribution >= 4 is 41.5 Å². The molecule has 0 atom stereocenters. The second-order valence-electron chi connectivity index (χ2n) is 3.57. The number of carbonyl (C=O) groups is 1. The zero-order valence-corrected chi connectivity index (χ0v) is 12.9. The summed E-state index contributed by atoms with van der Waals surface area (Å²) >= 11 is 11.6. The van der Waals surface area contributed by atoms with Crippen molar-refractivity contribution in [1.29, 1.82) is 0 Å². The molecule has 2 N–H and O–H groups in total. The largest absolute Gasteiger partial charge is 0.484 e. The Kier molecular flexibility index (Phi) is 9.79. The topological polar surface area (TPSA) is 50.4 Å². The summed E-state index contributed by atoms with van der Waals surface area (Å²) in [5, 5.41) is 6.69. The molecule has 7 heteroatoms. The van der Waals surface area contributed by atoms with Crippen molar-refractivity contribution in [3.8, 4) is 5.75 Å². The Hall–Kier alpha value is -0.680. The van der Waals surface area contributed by atoms with Crippen LogP contribution in [0.3, 0.4) is 0 Å². The molecule has 0 aliphatic heterocycles. The Morgan fingerprint density at radius 3 is 2.63 bits per heavy atom. The van der Waals surface area contributed by atoms with E-state index in [0.29, 0.717) is 22.3 Å². The fourth-order valence-electron chi connectivity index (χ4n) is 1.23. The second kappa shape index (κ2) is 10.1. The molecule has 0 fully saturated rings. The van der Waals surface area contributed by atoms with Gasteiger partial charge in [-0.1, -0.05) is 30.1 Å². The van der Waals surface area contributed by atoms with E-state index in [9.17, 15) is 4.79 Å². The Balaban J connectivity index is 0.00000324. The first-order chi connectivity index (χ1) is 8.63. The van der Waals surface area contributed by atoms with E-state index < -0.39 is 0 Å². The van der Waals surface area contributed by atoms with E-state index in [-0.39, 0.29) is 24.9 Å². The molecule has 0 saturated heterocycles. The molecule has 0 unspecified atom stereocenters. The Labute approximate surface area is 129 Å². The van der Waals surface area contributed by atoms with Crippen molar-refractivity contribution < 1.29 is 9.53 Å². The van der Waals surface area contributed by atoms with Crippen molar-refractivity contribution in [2.75, 3.05) is 26.2 Å². The molecule has 0 aliphatic rings. The SMILES string of the molecule is CCNCCNC(=O)COc1ccc(Cl)c(Cl)c1.Cl. The zero-order chi connectivity index (χ0) is 13.4. The van der Waals surface area contributed by atoms with E-state index in [1.807, 2.05) is 6.92 Å². The summed E-state index contributed by atoms with van der Waals surface area (Å²) in [6, 6.07) is 4.87. The van der Waals surface area contributed by atoms with Gasteiger partial charge in [0.15, 0.2) is 6.61 Å². The van der Waals surface area contributed by atoms with E-state index in [2.05, 4.69) is 10.6 Å². The van der Waals surface area contributed by atoms with Crippen molar-refractivity contribution in [3.63, 3.8) is 0 Å². The number of likely N-dealkylation sites (N-methyl/N-ethyl adjacent to an activating group) is 1. The first-order valence-corrected chi connectivity index (χ1v) is 6.44. The van der Waals surface area contributed by atoms with E-state index in [1.54, 1.807) is 18.2 Å². The molecular weight excluding hydrogens is 311 g/mol. The molecule has 1 amide bonds. The number of rotatable bonds is 7. The van der Waals surface area contributed by atoms with Crippen LogP contribution in [0.5, 0.6) is 5.75 Å². The quantitative estimate of drug-likeness (QED) is 0.757. The molecule has 0 spiro atoms. The van der Waals surface area contributed by atoms with Crippen LogP contribution in [0.2, 0.25) is 10.0 Å². The number of hydrogen-bond donors (Lipinski definition) is 2. The van der Waals surface area contributed by atoms with E-state index >= 15 is 0 Å². The van der Waals surface area contributed by atoms with Crippen LogP contribution in [0.15, 0.2) is 18.2 Å². The third kappa shape index (κ3) is 7.47. The summed E-state index contributed by atoms with van der Waals surface area (Å²) in [6.45, 7) is 4.18. The van der Waals surface area contributed by atoms with E-state index in [1.165, 1.54) is 0 Å². The van der Waals surface area contributed by atoms with Gasteiger partial charge < -0.3 is 15.4 Å². The van der Waals surface area contributed by atoms with Crippen molar-refractivity contribution in [1.82, 2.24) is 10.6 Å². The van der Waals surface area contributed by atoms with Crippen LogP contribution in [-0.2, 0) is 4.79 Å². The molecule has 0 aliphatic carbocycles. The highest BCUT2D eigenvalue weighted by molar-refractivity contribution is 6.42. The van der Waals surface area contributed by atoms with E-state index in [4.69, 9.17) is 27.9 Å². The van der Waals surface area contributed by atoms with Gasteiger partial charge in [-0.15, -0.1) is 12.4 Å². The molecule has 0 radical (unpaired) electrons. The minimum atomic E-state index is -0.168. The molecule has 1 rings (SSSR count). The minimum Gasteiger partial charge on any atom is -0.484 e. The second-order valence-corrected chi connectivity index (χ2v) is 4.38. The maximum Gasteiger partial charge on any atom is 0.257 e. The highest BCUT2D eigenvalue weighted by Crippen LogP contribution is 2.26. The van der Waals surface area contributed by atoms with Gasteiger partial charge in [0.2, 0.25) is 0 Å². The van der Waals surface area contributed by atoms with Crippen molar-refractivity contribution in [3.05, 3.63) is 28.2 Å². The van der Waals surface area contributed by atoms with Crippen LogP contribution in [0.4, 0.5) is 0 Å². The van der Waals surface area contributed by atoms with Crippen LogP contribution in [0.1, 0.15) is 6.92 Å². The smallest absolute Gasteiger partial charge is 0.257 e. The fraction of sp³-hybridized carbons (Fsp3) is 0.417. The summed E-state index contributed by atoms with van der Waals surface area (Å²) in [5.74, 6) is 0.352. The number of halogens is 3. The van der Waals surface area contributed by atoms with Gasteiger partial charge in [0.25, 0.3) is 5.91 Å². The van der Waals surface area contributed by atoms with Crippen LogP contribution in [-0.4, -0.2) is 32.1 Å². The third-order valence-corrected chi connectivity index (χ3v) is 2.87. The minimum absolute atomic E-state index is 0. The van der Waals surface area contributed by atoms with Gasteiger partial charge in [-0.25, -0.2) is 0 Å². The molecule has 0 bridgehead atoms. The van der Waals surface area contributed by atoms with Gasteiger partial charge in [0.05, 0.1) is 10.0 Å². The number of amides is 1. The van der Waals surface area contributed by atoms with Crippen LogP contribution in [0.25, 0.3) is 0 Å². The molecule has 19 heavy (non-hydrogen) atoms. The first-order valence-electron chi connectivity index (χ1n) is 5.68. The van der Waals surface area contributed by atoms with Gasteiger partial charge >= 0.3 is 0 Å². The summed E-state index contributed by atoms with van der Waals surface area (Å²) in [5.41, 5.74) is 0. The first kappa shape index (κ1) is 18.3. The lowest BCUT2D eigenvalue weighted by Gasteiger charge is -2.08. The molecule has 1 aromatic carbocycles. The summed E-state index contributed by atoms with van der Waals surface area (Å²) in [4.78, 5) is 11.4. The third-order valence-electron chi connectivity index (χ3n) is 2.13. The standard InChI is InChI=1S/C12H16Cl2N2O2.ClH/c1-2-15-5-6-16-12(17)8-18-9-3-4-10(13)11(14)7-9;/h3-4,7,15H,2,5-6,8H2,1H3,(H,16,17);1H. The number of ether oxygens (including phenoxy) is 1. The predicted molar refractivity (Wildman–Crippen MR) is 80.8 cm³/mol. The number of nitrogens with one attached hydrogen (secondary N) is 2. The van der Waals surface area contributed by atoms with Gasteiger partial charge in [0, 0.05) is 19.2 Å². The van der Waals surface area contributed by atoms with Crippen molar-refractivity contribution in [2.45, 2.75) is 6.92 Å². The average molecular weight is 328 g/mol. The lowest BCUT2D eigenvalue weighted by Crippen LogP contribution is -2.34. The Morgan fingerprint density at radius 1 is 1.26 bits per heavy atom. The average Bonchev–Trinajstić information content (AvgIpc) is 2.36. The van der Waals surface area contributed by atoms with Gasteiger partial charge in [-0.2, -0.15) is 0 Å². The monoisotopic (exact) mass is 326 g/mol. The van der Waals surface area contributed by atoms with Gasteiger partial charge in [-0.3, -0.25) is 4.79 Å². The number of carbonyl (C=O) groups excluding carboxylic acids is 1. The lowest BCUT2D eigenvalue weighted by atomic mass is 10.3. The maximum atomic E-state index is 11.4. The molecule has 108 valence electrons. The molecular formula is C12H17Cl3N2O2. The predicted octanol–water partition coefficient (Wildman–Crippen LogP) is 2.52. The number of hydrogen-bond acceptors (Lipinski definition) is 3. The highest BCUT2D eigenvalue weighted by atomic mass is 35.5. The molecule has 0 heterocycles. The summed E-state index contributed by atoms with van der Waals surface area (Å²) in [7, 11) is 0. The van der Waals surface area contributed by atoms with Gasteiger partial charge in [-0.05, 0) is 18.7 Å². The fourth-order valence-corrected chi connectivity index (χ4v) is 1.52. The molecule has 4 nitrogen and oxygen atoms in total. The number of benzene rings is 1. The van der Waals surface area contributed by atoms with Crippen LogP contribution in [0, 0.1) is 0 Å². The Morgan fingerprint density at radius 2 is 2.00 bits per heavy atom. The molecule has 0 aromatic heterocycles. The van der Waals surface area contributed by atoms with Gasteiger partial charge in [0.1, 0.15) is 5.75 Å². The lowest BCUT2D eigenvalue weighted by molar-refractivity contribution is -0.123. The normalized spacial score (nSPS) is 9.63. The highest BCUT2D eigenvalue weighted by Gasteiger charge is 2.04. The van der Waals surface area contributed by atoms with E-state index in [0.717, 1.165) is 13.1 Å². The summed E-state index contributed by atoms with van der Waals surface area (Å²) in [6.07, 6.45) is 0. The Bertz CT molecular complexity index is 403. The molecule has 0 saturated carbocycles. The summed E-state index contributed by atoms with van der Waals surface area (Å²) < 4.78 is 5.29. The molecule has 1 aromatic rings. The maximum absolute atomic E-state index is 11.4. The van der Waals surface area contributed by atoms with Crippen LogP contribution >= 0.6 is 35.6 Å². The van der Waals surface area contributed by atoms with Crippen LogP contribution < -0.4 is 15.4 Å². The van der Waals surface area contributed by atoms with Crippen molar-refractivity contribution in [2.24, 2.45) is 0 Å². The zero-order valence-electron chi connectivity index (χ0n) is 10.5.